The van der Waals surface area contributed by atoms with Gasteiger partial charge in [-0.2, -0.15) is 0 Å². The van der Waals surface area contributed by atoms with Gasteiger partial charge in [0.1, 0.15) is 11.6 Å². The van der Waals surface area contributed by atoms with Gasteiger partial charge in [0.15, 0.2) is 0 Å². The standard InChI is InChI=1S/C25H18ClFN2O6S/c1-14(30)28-36(34,35)18-12-10-17(11-13-18)29-22(19-4-2-3-5-20(19)27)21(24(32)25(29)33)23(31)15-6-8-16(26)9-7-15/h2-13,22,31H,1H3,(H,28,30)/b23-21-. The Kier molecular flexibility index (Phi) is 6.66. The molecule has 1 fully saturated rings. The summed E-state index contributed by atoms with van der Waals surface area (Å²) in [5.74, 6) is -4.12. The highest BCUT2D eigenvalue weighted by Crippen LogP contribution is 2.43. The summed E-state index contributed by atoms with van der Waals surface area (Å²) < 4.78 is 41.3. The summed E-state index contributed by atoms with van der Waals surface area (Å²) in [6.45, 7) is 1.04. The second kappa shape index (κ2) is 9.56. The van der Waals surface area contributed by atoms with Crippen molar-refractivity contribution in [3.8, 4) is 0 Å². The van der Waals surface area contributed by atoms with Crippen LogP contribution in [0.5, 0.6) is 0 Å². The summed E-state index contributed by atoms with van der Waals surface area (Å²) in [6, 6.07) is 14.8. The highest BCUT2D eigenvalue weighted by atomic mass is 35.5. The Hall–Kier alpha value is -4.02. The Morgan fingerprint density at radius 2 is 1.61 bits per heavy atom. The Balaban J connectivity index is 1.88. The molecule has 1 aliphatic rings. The number of anilines is 1. The number of aliphatic hydroxyl groups is 1. The first-order valence-electron chi connectivity index (χ1n) is 10.5. The fourth-order valence-electron chi connectivity index (χ4n) is 3.89. The van der Waals surface area contributed by atoms with Gasteiger partial charge in [0.2, 0.25) is 5.91 Å². The van der Waals surface area contributed by atoms with Gasteiger partial charge in [-0.1, -0.05) is 29.8 Å². The smallest absolute Gasteiger partial charge is 0.300 e. The number of hydrogen-bond acceptors (Lipinski definition) is 6. The van der Waals surface area contributed by atoms with E-state index in [2.05, 4.69) is 0 Å². The minimum Gasteiger partial charge on any atom is -0.507 e. The Morgan fingerprint density at radius 1 is 1.00 bits per heavy atom. The molecule has 1 unspecified atom stereocenters. The van der Waals surface area contributed by atoms with Crippen molar-refractivity contribution in [1.82, 2.24) is 4.72 Å². The molecular formula is C25H18ClFN2O6S. The molecule has 0 aliphatic carbocycles. The maximum absolute atomic E-state index is 14.9. The summed E-state index contributed by atoms with van der Waals surface area (Å²) in [6.07, 6.45) is 0. The Morgan fingerprint density at radius 3 is 2.19 bits per heavy atom. The summed E-state index contributed by atoms with van der Waals surface area (Å²) >= 11 is 5.91. The number of carbonyl (C=O) groups is 3. The molecule has 8 nitrogen and oxygen atoms in total. The van der Waals surface area contributed by atoms with Crippen molar-refractivity contribution in [2.75, 3.05) is 4.90 Å². The third kappa shape index (κ3) is 4.60. The zero-order chi connectivity index (χ0) is 26.2. The summed E-state index contributed by atoms with van der Waals surface area (Å²) in [7, 11) is -4.15. The van der Waals surface area contributed by atoms with E-state index in [9.17, 15) is 32.3 Å². The number of carbonyl (C=O) groups excluding carboxylic acids is 3. The van der Waals surface area contributed by atoms with E-state index < -0.39 is 45.2 Å². The lowest BCUT2D eigenvalue weighted by atomic mass is 9.94. The predicted molar refractivity (Wildman–Crippen MR) is 130 cm³/mol. The Labute approximate surface area is 210 Å². The minimum absolute atomic E-state index is 0.0536. The number of ketones is 1. The maximum Gasteiger partial charge on any atom is 0.300 e. The number of Topliss-reactive ketones (excluding diaryl/α,β-unsaturated/α-hetero) is 1. The number of amides is 2. The van der Waals surface area contributed by atoms with E-state index in [1.807, 2.05) is 4.72 Å². The van der Waals surface area contributed by atoms with Crippen LogP contribution < -0.4 is 9.62 Å². The van der Waals surface area contributed by atoms with E-state index in [-0.39, 0.29) is 27.3 Å². The Bertz CT molecular complexity index is 1520. The van der Waals surface area contributed by atoms with Crippen LogP contribution in [-0.4, -0.2) is 31.1 Å². The van der Waals surface area contributed by atoms with Gasteiger partial charge in [-0.25, -0.2) is 17.5 Å². The third-order valence-corrected chi connectivity index (χ3v) is 7.17. The number of aliphatic hydroxyl groups excluding tert-OH is 1. The molecule has 0 bridgehead atoms. The van der Waals surface area contributed by atoms with Crippen molar-refractivity contribution in [3.05, 3.63) is 100 Å². The van der Waals surface area contributed by atoms with Crippen molar-refractivity contribution in [2.45, 2.75) is 17.9 Å². The van der Waals surface area contributed by atoms with E-state index in [0.29, 0.717) is 5.02 Å². The van der Waals surface area contributed by atoms with Crippen LogP contribution >= 0.6 is 11.6 Å². The lowest BCUT2D eigenvalue weighted by Crippen LogP contribution is -2.30. The fraction of sp³-hybridized carbons (Fsp3) is 0.0800. The van der Waals surface area contributed by atoms with E-state index in [1.54, 1.807) is 0 Å². The lowest BCUT2D eigenvalue weighted by molar-refractivity contribution is -0.132. The molecule has 1 aliphatic heterocycles. The molecule has 0 saturated carbocycles. The highest BCUT2D eigenvalue weighted by Gasteiger charge is 2.47. The fourth-order valence-corrected chi connectivity index (χ4v) is 5.00. The molecule has 2 amide bonds. The van der Waals surface area contributed by atoms with Gasteiger partial charge in [0.25, 0.3) is 21.7 Å². The van der Waals surface area contributed by atoms with Gasteiger partial charge in [0.05, 0.1) is 16.5 Å². The number of sulfonamides is 1. The van der Waals surface area contributed by atoms with Crippen molar-refractivity contribution < 1.29 is 32.3 Å². The number of nitrogens with zero attached hydrogens (tertiary/aromatic N) is 1. The van der Waals surface area contributed by atoms with Gasteiger partial charge >= 0.3 is 0 Å². The molecule has 1 saturated heterocycles. The number of rotatable bonds is 5. The zero-order valence-corrected chi connectivity index (χ0v) is 20.2. The molecule has 36 heavy (non-hydrogen) atoms. The van der Waals surface area contributed by atoms with Crippen LogP contribution in [0.1, 0.15) is 24.1 Å². The average Bonchev–Trinajstić information content (AvgIpc) is 3.09. The molecule has 4 rings (SSSR count). The summed E-state index contributed by atoms with van der Waals surface area (Å²) in [5.41, 5.74) is -0.137. The molecule has 0 radical (unpaired) electrons. The van der Waals surface area contributed by atoms with E-state index >= 15 is 0 Å². The largest absolute Gasteiger partial charge is 0.507 e. The molecule has 184 valence electrons. The van der Waals surface area contributed by atoms with Gasteiger partial charge in [-0.05, 0) is 54.6 Å². The number of benzene rings is 3. The SMILES string of the molecule is CC(=O)NS(=O)(=O)c1ccc(N2C(=O)C(=O)/C(=C(\O)c3ccc(Cl)cc3)C2c2ccccc2F)cc1. The first kappa shape index (κ1) is 25.1. The summed E-state index contributed by atoms with van der Waals surface area (Å²) in [4.78, 5) is 38.2. The molecule has 0 aromatic heterocycles. The van der Waals surface area contributed by atoms with E-state index in [1.165, 1.54) is 54.6 Å². The molecule has 1 atom stereocenters. The zero-order valence-electron chi connectivity index (χ0n) is 18.6. The molecular weight excluding hydrogens is 511 g/mol. The third-order valence-electron chi connectivity index (χ3n) is 5.47. The normalized spacial score (nSPS) is 17.3. The molecule has 3 aromatic carbocycles. The van der Waals surface area contributed by atoms with Gasteiger partial charge in [0, 0.05) is 28.8 Å². The van der Waals surface area contributed by atoms with Gasteiger partial charge < -0.3 is 5.11 Å². The molecule has 1 heterocycles. The van der Waals surface area contributed by atoms with Crippen LogP contribution in [0.4, 0.5) is 10.1 Å². The van der Waals surface area contributed by atoms with Crippen LogP contribution in [0, 0.1) is 5.82 Å². The summed E-state index contributed by atoms with van der Waals surface area (Å²) in [5, 5.41) is 11.4. The first-order valence-corrected chi connectivity index (χ1v) is 12.3. The number of halogens is 2. The number of hydrogen-bond donors (Lipinski definition) is 2. The van der Waals surface area contributed by atoms with Crippen LogP contribution in [0.2, 0.25) is 5.02 Å². The van der Waals surface area contributed by atoms with Crippen LogP contribution in [-0.2, 0) is 24.4 Å². The molecule has 11 heteroatoms. The molecule has 3 aromatic rings. The van der Waals surface area contributed by atoms with Crippen molar-refractivity contribution in [2.24, 2.45) is 0 Å². The van der Waals surface area contributed by atoms with Crippen LogP contribution in [0.25, 0.3) is 5.76 Å². The second-order valence-electron chi connectivity index (χ2n) is 7.85. The van der Waals surface area contributed by atoms with Gasteiger partial charge in [-0.3, -0.25) is 19.3 Å². The maximum atomic E-state index is 14.9. The highest BCUT2D eigenvalue weighted by molar-refractivity contribution is 7.90. The molecule has 2 N–H and O–H groups in total. The topological polar surface area (TPSA) is 121 Å². The average molecular weight is 529 g/mol. The van der Waals surface area contributed by atoms with Crippen LogP contribution in [0.3, 0.4) is 0 Å². The van der Waals surface area contributed by atoms with Crippen LogP contribution in [0.15, 0.2) is 83.3 Å². The van der Waals surface area contributed by atoms with E-state index in [4.69, 9.17) is 11.6 Å². The number of nitrogens with one attached hydrogen (secondary N) is 1. The predicted octanol–water partition coefficient (Wildman–Crippen LogP) is 3.93. The first-order chi connectivity index (χ1) is 17.0. The minimum atomic E-state index is -4.15. The van der Waals surface area contributed by atoms with Crippen molar-refractivity contribution in [1.29, 1.82) is 0 Å². The van der Waals surface area contributed by atoms with Gasteiger partial charge in [-0.15, -0.1) is 0 Å². The van der Waals surface area contributed by atoms with Crippen molar-refractivity contribution >= 4 is 50.7 Å². The van der Waals surface area contributed by atoms with Crippen molar-refractivity contribution in [3.63, 3.8) is 0 Å². The molecule has 0 spiro atoms. The lowest BCUT2D eigenvalue weighted by Gasteiger charge is -2.26. The monoisotopic (exact) mass is 528 g/mol. The second-order valence-corrected chi connectivity index (χ2v) is 9.97. The quantitative estimate of drug-likeness (QED) is 0.294. The van der Waals surface area contributed by atoms with E-state index in [0.717, 1.165) is 30.0 Å².